The van der Waals surface area contributed by atoms with Crippen LogP contribution in [0, 0.1) is 0 Å². The van der Waals surface area contributed by atoms with E-state index in [1.165, 1.54) is 4.80 Å². The number of nitrogens with zero attached hydrogens (tertiary/aromatic N) is 5. The zero-order valence-electron chi connectivity index (χ0n) is 15.0. The molecule has 3 rings (SSSR count). The van der Waals surface area contributed by atoms with Gasteiger partial charge in [0.2, 0.25) is 5.82 Å². The molecule has 2 heterocycles. The highest BCUT2D eigenvalue weighted by Gasteiger charge is 2.27. The Kier molecular flexibility index (Phi) is 4.61. The highest BCUT2D eigenvalue weighted by molar-refractivity contribution is 5.69. The summed E-state index contributed by atoms with van der Waals surface area (Å²) in [5.74, 6) is 1.33. The van der Waals surface area contributed by atoms with Gasteiger partial charge in [-0.15, -0.1) is 10.2 Å². The number of benzene rings is 1. The van der Waals surface area contributed by atoms with Gasteiger partial charge in [0, 0.05) is 18.7 Å². The van der Waals surface area contributed by atoms with E-state index in [1.807, 2.05) is 39.0 Å². The van der Waals surface area contributed by atoms with Gasteiger partial charge < -0.3 is 14.4 Å². The average molecular weight is 345 g/mol. The Hall–Kier alpha value is -2.64. The van der Waals surface area contributed by atoms with E-state index in [9.17, 15) is 4.79 Å². The molecule has 134 valence electrons. The summed E-state index contributed by atoms with van der Waals surface area (Å²) in [6.45, 7) is 7.00. The number of carbonyl (C=O) groups excluding carboxylic acids is 1. The van der Waals surface area contributed by atoms with Crippen molar-refractivity contribution in [2.45, 2.75) is 45.9 Å². The first-order chi connectivity index (χ1) is 11.8. The third kappa shape index (κ3) is 4.26. The van der Waals surface area contributed by atoms with Crippen molar-refractivity contribution in [3.8, 4) is 5.75 Å². The molecule has 1 amide bonds. The smallest absolute Gasteiger partial charge is 0.410 e. The van der Waals surface area contributed by atoms with Gasteiger partial charge in [-0.2, -0.15) is 4.80 Å². The third-order valence-electron chi connectivity index (χ3n) is 3.78. The van der Waals surface area contributed by atoms with Gasteiger partial charge >= 0.3 is 6.09 Å². The van der Waals surface area contributed by atoms with Crippen LogP contribution in [0.5, 0.6) is 5.75 Å². The number of carbonyl (C=O) groups is 1. The van der Waals surface area contributed by atoms with Crippen molar-refractivity contribution in [1.82, 2.24) is 25.1 Å². The minimum atomic E-state index is -0.494. The molecule has 0 aliphatic carbocycles. The minimum absolute atomic E-state index is 0.264. The predicted molar refractivity (Wildman–Crippen MR) is 89.9 cm³/mol. The first kappa shape index (κ1) is 17.2. The molecule has 25 heavy (non-hydrogen) atoms. The molecule has 0 saturated heterocycles. The van der Waals surface area contributed by atoms with Gasteiger partial charge in [-0.3, -0.25) is 0 Å². The Morgan fingerprint density at radius 3 is 2.80 bits per heavy atom. The topological polar surface area (TPSA) is 82.4 Å². The van der Waals surface area contributed by atoms with Crippen molar-refractivity contribution in [3.05, 3.63) is 35.2 Å². The molecule has 0 bridgehead atoms. The lowest BCUT2D eigenvalue weighted by atomic mass is 9.99. The Morgan fingerprint density at radius 2 is 2.12 bits per heavy atom. The number of fused-ring (bicyclic) bond motifs is 1. The normalized spacial score (nSPS) is 14.2. The van der Waals surface area contributed by atoms with Crippen LogP contribution in [0.2, 0.25) is 0 Å². The summed E-state index contributed by atoms with van der Waals surface area (Å²) in [4.78, 5) is 15.4. The van der Waals surface area contributed by atoms with Crippen LogP contribution in [0.3, 0.4) is 0 Å². The van der Waals surface area contributed by atoms with Crippen molar-refractivity contribution in [1.29, 1.82) is 0 Å². The Morgan fingerprint density at radius 1 is 1.32 bits per heavy atom. The van der Waals surface area contributed by atoms with Gasteiger partial charge in [-0.25, -0.2) is 4.79 Å². The number of aryl methyl sites for hydroxylation is 1. The monoisotopic (exact) mass is 345 g/mol. The fourth-order valence-corrected chi connectivity index (χ4v) is 2.72. The molecule has 0 spiro atoms. The molecule has 0 atom stereocenters. The van der Waals surface area contributed by atoms with Gasteiger partial charge in [0.1, 0.15) is 11.4 Å². The number of hydrogen-bond donors (Lipinski definition) is 0. The average Bonchev–Trinajstić information content (AvgIpc) is 2.96. The molecule has 0 unspecified atom stereocenters. The number of ether oxygens (including phenoxy) is 2. The van der Waals surface area contributed by atoms with Crippen LogP contribution in [-0.2, 0) is 31.4 Å². The van der Waals surface area contributed by atoms with Crippen LogP contribution in [0.15, 0.2) is 18.2 Å². The van der Waals surface area contributed by atoms with Crippen molar-refractivity contribution in [2.24, 2.45) is 7.05 Å². The van der Waals surface area contributed by atoms with Gasteiger partial charge in [-0.05, 0) is 44.0 Å². The molecule has 0 saturated carbocycles. The standard InChI is InChI=1S/C17H23N5O3/c1-17(2,3)25-16(23)22-9-8-13-12(10-22)6-5-7-14(13)24-11-15-18-20-21(4)19-15/h5-7H,8-11H2,1-4H3. The lowest BCUT2D eigenvalue weighted by Gasteiger charge is -2.31. The molecule has 1 aliphatic heterocycles. The Bertz CT molecular complexity index is 766. The van der Waals surface area contributed by atoms with Crippen molar-refractivity contribution in [2.75, 3.05) is 6.54 Å². The zero-order chi connectivity index (χ0) is 18.0. The van der Waals surface area contributed by atoms with E-state index in [4.69, 9.17) is 9.47 Å². The number of tetrazole rings is 1. The van der Waals surface area contributed by atoms with E-state index in [-0.39, 0.29) is 12.7 Å². The molecule has 1 aliphatic rings. The maximum Gasteiger partial charge on any atom is 0.410 e. The molecule has 8 heteroatoms. The molecule has 0 N–H and O–H groups in total. The van der Waals surface area contributed by atoms with E-state index in [2.05, 4.69) is 15.4 Å². The van der Waals surface area contributed by atoms with Crippen molar-refractivity contribution in [3.63, 3.8) is 0 Å². The maximum absolute atomic E-state index is 12.3. The van der Waals surface area contributed by atoms with E-state index in [1.54, 1.807) is 11.9 Å². The fourth-order valence-electron chi connectivity index (χ4n) is 2.72. The maximum atomic E-state index is 12.3. The molecule has 8 nitrogen and oxygen atoms in total. The lowest BCUT2D eigenvalue weighted by Crippen LogP contribution is -2.40. The van der Waals surface area contributed by atoms with Gasteiger partial charge in [0.15, 0.2) is 6.61 Å². The Balaban J connectivity index is 1.68. The summed E-state index contributed by atoms with van der Waals surface area (Å²) in [6, 6.07) is 5.87. The van der Waals surface area contributed by atoms with E-state index in [0.29, 0.717) is 18.9 Å². The van der Waals surface area contributed by atoms with Crippen LogP contribution in [0.25, 0.3) is 0 Å². The van der Waals surface area contributed by atoms with E-state index in [0.717, 1.165) is 23.3 Å². The quantitative estimate of drug-likeness (QED) is 0.847. The second-order valence-electron chi connectivity index (χ2n) is 7.03. The first-order valence-electron chi connectivity index (χ1n) is 8.26. The van der Waals surface area contributed by atoms with Crippen molar-refractivity contribution < 1.29 is 14.3 Å². The largest absolute Gasteiger partial charge is 0.485 e. The summed E-state index contributed by atoms with van der Waals surface area (Å²) in [5, 5.41) is 11.8. The van der Waals surface area contributed by atoms with E-state index < -0.39 is 5.60 Å². The van der Waals surface area contributed by atoms with Crippen LogP contribution in [0.4, 0.5) is 4.79 Å². The minimum Gasteiger partial charge on any atom is -0.485 e. The van der Waals surface area contributed by atoms with Gasteiger partial charge in [0.25, 0.3) is 0 Å². The summed E-state index contributed by atoms with van der Waals surface area (Å²) < 4.78 is 11.3. The van der Waals surface area contributed by atoms with Crippen molar-refractivity contribution >= 4 is 6.09 Å². The number of aromatic nitrogens is 4. The zero-order valence-corrected chi connectivity index (χ0v) is 15.0. The van der Waals surface area contributed by atoms with Crippen LogP contribution >= 0.6 is 0 Å². The van der Waals surface area contributed by atoms with Crippen LogP contribution < -0.4 is 4.74 Å². The lowest BCUT2D eigenvalue weighted by molar-refractivity contribution is 0.0223. The highest BCUT2D eigenvalue weighted by Crippen LogP contribution is 2.29. The molecule has 0 radical (unpaired) electrons. The highest BCUT2D eigenvalue weighted by atomic mass is 16.6. The molecular formula is C17H23N5O3. The molecule has 0 fully saturated rings. The molecule has 1 aromatic carbocycles. The summed E-state index contributed by atoms with van der Waals surface area (Å²) in [5.41, 5.74) is 1.69. The number of amides is 1. The summed E-state index contributed by atoms with van der Waals surface area (Å²) >= 11 is 0. The summed E-state index contributed by atoms with van der Waals surface area (Å²) in [6.07, 6.45) is 0.437. The SMILES string of the molecule is Cn1nnc(COc2cccc3c2CCN(C(=O)OC(C)(C)C)C3)n1. The third-order valence-corrected chi connectivity index (χ3v) is 3.78. The number of hydrogen-bond acceptors (Lipinski definition) is 6. The van der Waals surface area contributed by atoms with Crippen LogP contribution in [0.1, 0.15) is 37.7 Å². The van der Waals surface area contributed by atoms with Gasteiger partial charge in [-0.1, -0.05) is 12.1 Å². The Labute approximate surface area is 146 Å². The second-order valence-corrected chi connectivity index (χ2v) is 7.03. The van der Waals surface area contributed by atoms with Gasteiger partial charge in [0.05, 0.1) is 7.05 Å². The molecular weight excluding hydrogens is 322 g/mol. The number of rotatable bonds is 3. The van der Waals surface area contributed by atoms with Crippen LogP contribution in [-0.4, -0.2) is 43.3 Å². The van der Waals surface area contributed by atoms with E-state index >= 15 is 0 Å². The predicted octanol–water partition coefficient (Wildman–Crippen LogP) is 2.08. The first-order valence-corrected chi connectivity index (χ1v) is 8.26. The molecule has 2 aromatic rings. The fraction of sp³-hybridized carbons (Fsp3) is 0.529. The molecule has 1 aromatic heterocycles. The second kappa shape index (κ2) is 6.70. The summed E-state index contributed by atoms with van der Waals surface area (Å²) in [7, 11) is 1.71.